The number of hydrogen-bond acceptors (Lipinski definition) is 3. The number of aryl methyl sites for hydroxylation is 2. The first-order valence-corrected chi connectivity index (χ1v) is 10.4. The highest BCUT2D eigenvalue weighted by Crippen LogP contribution is 2.26. The van der Waals surface area contributed by atoms with Crippen molar-refractivity contribution in [2.75, 3.05) is 7.11 Å². The largest absolute Gasteiger partial charge is 0.497 e. The maximum absolute atomic E-state index is 12.9. The molecule has 0 aliphatic heterocycles. The maximum atomic E-state index is 12.9. The van der Waals surface area contributed by atoms with E-state index in [4.69, 9.17) is 9.47 Å². The molecule has 4 nitrogen and oxygen atoms in total. The Morgan fingerprint density at radius 2 is 1.64 bits per heavy atom. The summed E-state index contributed by atoms with van der Waals surface area (Å²) in [5.41, 5.74) is 3.85. The van der Waals surface area contributed by atoms with Gasteiger partial charge < -0.3 is 14.8 Å². The summed E-state index contributed by atoms with van der Waals surface area (Å²) < 4.78 is 11.3. The third-order valence-electron chi connectivity index (χ3n) is 5.50. The van der Waals surface area contributed by atoms with Crippen LogP contribution in [-0.4, -0.2) is 19.1 Å². The Bertz CT molecular complexity index is 785. The summed E-state index contributed by atoms with van der Waals surface area (Å²) in [6, 6.07) is 14.1. The molecule has 1 N–H and O–H groups in total. The van der Waals surface area contributed by atoms with Gasteiger partial charge in [-0.2, -0.15) is 0 Å². The molecular weight excluding hydrogens is 350 g/mol. The third kappa shape index (κ3) is 4.86. The number of hydrogen-bond donors (Lipinski definition) is 1. The van der Waals surface area contributed by atoms with Crippen molar-refractivity contribution in [1.82, 2.24) is 5.32 Å². The van der Waals surface area contributed by atoms with Crippen LogP contribution in [0, 0.1) is 0 Å². The molecule has 0 saturated carbocycles. The van der Waals surface area contributed by atoms with Gasteiger partial charge in [-0.25, -0.2) is 0 Å². The Morgan fingerprint density at radius 3 is 2.29 bits per heavy atom. The van der Waals surface area contributed by atoms with E-state index < -0.39 is 6.10 Å². The van der Waals surface area contributed by atoms with E-state index in [9.17, 15) is 4.79 Å². The topological polar surface area (TPSA) is 47.6 Å². The van der Waals surface area contributed by atoms with Gasteiger partial charge in [0.2, 0.25) is 0 Å². The van der Waals surface area contributed by atoms with Gasteiger partial charge in [0.15, 0.2) is 6.10 Å². The Hall–Kier alpha value is -2.49. The molecule has 1 aliphatic rings. The zero-order chi connectivity index (χ0) is 19.9. The Kier molecular flexibility index (Phi) is 6.96. The number of amides is 1. The molecule has 150 valence electrons. The van der Waals surface area contributed by atoms with E-state index >= 15 is 0 Å². The van der Waals surface area contributed by atoms with Crippen molar-refractivity contribution in [2.45, 2.75) is 64.5 Å². The van der Waals surface area contributed by atoms with E-state index in [1.807, 2.05) is 37.3 Å². The lowest BCUT2D eigenvalue weighted by Crippen LogP contribution is -2.40. The van der Waals surface area contributed by atoms with Gasteiger partial charge >= 0.3 is 0 Å². The number of fused-ring (bicyclic) bond motifs is 1. The van der Waals surface area contributed by atoms with Gasteiger partial charge in [0.05, 0.1) is 13.2 Å². The van der Waals surface area contributed by atoms with Crippen molar-refractivity contribution in [3.63, 3.8) is 0 Å². The summed E-state index contributed by atoms with van der Waals surface area (Å²) in [5, 5.41) is 3.15. The molecule has 0 aromatic heterocycles. The van der Waals surface area contributed by atoms with Crippen LogP contribution in [0.5, 0.6) is 11.5 Å². The minimum absolute atomic E-state index is 0.0420. The molecule has 0 bridgehead atoms. The standard InChI is InChI=1S/C24H31NO3/c1-4-22(18-11-13-20(27-3)14-12-18)25-24(26)23(5-2)28-21-15-10-17-8-6-7-9-19(17)16-21/h10-16,22-23H,4-9H2,1-3H3,(H,25,26)/t22-,23-/m1/s1. The minimum Gasteiger partial charge on any atom is -0.497 e. The third-order valence-corrected chi connectivity index (χ3v) is 5.50. The average molecular weight is 382 g/mol. The minimum atomic E-state index is -0.492. The predicted molar refractivity (Wildman–Crippen MR) is 112 cm³/mol. The van der Waals surface area contributed by atoms with E-state index in [1.54, 1.807) is 7.11 Å². The van der Waals surface area contributed by atoms with Crippen molar-refractivity contribution in [3.05, 3.63) is 59.2 Å². The molecular formula is C24H31NO3. The van der Waals surface area contributed by atoms with E-state index in [2.05, 4.69) is 24.4 Å². The Labute approximate surface area is 168 Å². The molecule has 2 aromatic carbocycles. The van der Waals surface area contributed by atoms with Crippen LogP contribution in [0.25, 0.3) is 0 Å². The molecule has 4 heteroatoms. The highest BCUT2D eigenvalue weighted by Gasteiger charge is 2.22. The lowest BCUT2D eigenvalue weighted by Gasteiger charge is -2.23. The average Bonchev–Trinajstić information content (AvgIpc) is 2.75. The van der Waals surface area contributed by atoms with Crippen LogP contribution >= 0.6 is 0 Å². The van der Waals surface area contributed by atoms with Crippen molar-refractivity contribution in [3.8, 4) is 11.5 Å². The summed E-state index contributed by atoms with van der Waals surface area (Å²) in [7, 11) is 1.65. The molecule has 1 amide bonds. The van der Waals surface area contributed by atoms with Crippen LogP contribution < -0.4 is 14.8 Å². The van der Waals surface area contributed by atoms with Crippen LogP contribution in [-0.2, 0) is 17.6 Å². The van der Waals surface area contributed by atoms with Gasteiger partial charge in [-0.05, 0) is 79.5 Å². The fourth-order valence-corrected chi connectivity index (χ4v) is 3.79. The number of nitrogens with one attached hydrogen (secondary N) is 1. The molecule has 2 aromatic rings. The van der Waals surface area contributed by atoms with Gasteiger partial charge in [-0.3, -0.25) is 4.79 Å². The second-order valence-electron chi connectivity index (χ2n) is 7.39. The highest BCUT2D eigenvalue weighted by molar-refractivity contribution is 5.81. The quantitative estimate of drug-likeness (QED) is 0.700. The molecule has 0 spiro atoms. The highest BCUT2D eigenvalue weighted by atomic mass is 16.5. The molecule has 3 rings (SSSR count). The number of carbonyl (C=O) groups excluding carboxylic acids is 1. The van der Waals surface area contributed by atoms with Gasteiger partial charge in [-0.15, -0.1) is 0 Å². The lowest BCUT2D eigenvalue weighted by molar-refractivity contribution is -0.128. The summed E-state index contributed by atoms with van der Waals surface area (Å²) in [6.07, 6.45) is 5.69. The number of methoxy groups -OCH3 is 1. The molecule has 28 heavy (non-hydrogen) atoms. The molecule has 0 fully saturated rings. The first-order valence-electron chi connectivity index (χ1n) is 10.4. The van der Waals surface area contributed by atoms with Crippen molar-refractivity contribution >= 4 is 5.91 Å². The lowest BCUT2D eigenvalue weighted by atomic mass is 9.92. The zero-order valence-corrected chi connectivity index (χ0v) is 17.2. The first-order chi connectivity index (χ1) is 13.6. The second kappa shape index (κ2) is 9.63. The van der Waals surface area contributed by atoms with Gasteiger partial charge in [0.25, 0.3) is 5.91 Å². The summed E-state index contributed by atoms with van der Waals surface area (Å²) in [6.45, 7) is 4.05. The van der Waals surface area contributed by atoms with E-state index in [-0.39, 0.29) is 11.9 Å². The molecule has 1 aliphatic carbocycles. The fourth-order valence-electron chi connectivity index (χ4n) is 3.79. The van der Waals surface area contributed by atoms with Crippen LogP contribution in [0.15, 0.2) is 42.5 Å². The van der Waals surface area contributed by atoms with Crippen LogP contribution in [0.3, 0.4) is 0 Å². The van der Waals surface area contributed by atoms with Gasteiger partial charge in [0, 0.05) is 0 Å². The summed E-state index contributed by atoms with van der Waals surface area (Å²) in [5.74, 6) is 1.54. The first kappa shape index (κ1) is 20.2. The van der Waals surface area contributed by atoms with Gasteiger partial charge in [-0.1, -0.05) is 32.0 Å². The van der Waals surface area contributed by atoms with Crippen LogP contribution in [0.1, 0.15) is 62.3 Å². The smallest absolute Gasteiger partial charge is 0.261 e. The maximum Gasteiger partial charge on any atom is 0.261 e. The second-order valence-corrected chi connectivity index (χ2v) is 7.39. The SMILES string of the molecule is CC[C@@H](Oc1ccc2c(c1)CCCC2)C(=O)N[C@H](CC)c1ccc(OC)cc1. The van der Waals surface area contributed by atoms with Crippen molar-refractivity contribution < 1.29 is 14.3 Å². The molecule has 0 heterocycles. The van der Waals surface area contributed by atoms with Gasteiger partial charge in [0.1, 0.15) is 11.5 Å². The van der Waals surface area contributed by atoms with E-state index in [0.717, 1.165) is 36.3 Å². The van der Waals surface area contributed by atoms with Crippen molar-refractivity contribution in [2.24, 2.45) is 0 Å². The van der Waals surface area contributed by atoms with Crippen LogP contribution in [0.2, 0.25) is 0 Å². The summed E-state index contributed by atoms with van der Waals surface area (Å²) >= 11 is 0. The number of benzene rings is 2. The molecule has 0 saturated heterocycles. The van der Waals surface area contributed by atoms with Crippen LogP contribution in [0.4, 0.5) is 0 Å². The Balaban J connectivity index is 1.66. The van der Waals surface area contributed by atoms with E-state index in [1.165, 1.54) is 24.0 Å². The monoisotopic (exact) mass is 381 g/mol. The number of rotatable bonds is 8. The summed E-state index contributed by atoms with van der Waals surface area (Å²) in [4.78, 5) is 12.9. The zero-order valence-electron chi connectivity index (χ0n) is 17.2. The van der Waals surface area contributed by atoms with E-state index in [0.29, 0.717) is 6.42 Å². The molecule has 0 radical (unpaired) electrons. The molecule has 2 atom stereocenters. The predicted octanol–water partition coefficient (Wildman–Crippen LogP) is 5.00. The van der Waals surface area contributed by atoms with Crippen molar-refractivity contribution in [1.29, 1.82) is 0 Å². The fraction of sp³-hybridized carbons (Fsp3) is 0.458. The normalized spacial score (nSPS) is 15.2. The Morgan fingerprint density at radius 1 is 0.964 bits per heavy atom. The molecule has 0 unspecified atom stereocenters. The number of carbonyl (C=O) groups is 1. The number of ether oxygens (including phenoxy) is 2.